The average Bonchev–Trinajstić information content (AvgIpc) is 2.21. The maximum absolute atomic E-state index is 11.4. The van der Waals surface area contributed by atoms with Crippen LogP contribution >= 0.6 is 0 Å². The average molecular weight is 207 g/mol. The van der Waals surface area contributed by atoms with E-state index in [2.05, 4.69) is 16.9 Å². The Kier molecular flexibility index (Phi) is 3.82. The van der Waals surface area contributed by atoms with Gasteiger partial charge in [0.25, 0.3) is 0 Å². The Balaban J connectivity index is 2.66. The molecule has 0 spiro atoms. The monoisotopic (exact) mass is 207 g/mol. The Morgan fingerprint density at radius 3 is 3.13 bits per heavy atom. The number of aromatic nitrogens is 1. The number of rotatable bonds is 4. The molecular formula is C10H13N3O2. The van der Waals surface area contributed by atoms with E-state index in [9.17, 15) is 9.90 Å². The summed E-state index contributed by atoms with van der Waals surface area (Å²) in [5.74, 6) is -0.373. The van der Waals surface area contributed by atoms with Crippen LogP contribution in [0.2, 0.25) is 0 Å². The van der Waals surface area contributed by atoms with Crippen LogP contribution in [0.5, 0.6) is 5.75 Å². The summed E-state index contributed by atoms with van der Waals surface area (Å²) in [6.45, 7) is 3.48. The van der Waals surface area contributed by atoms with Gasteiger partial charge in [0.2, 0.25) is 5.91 Å². The standard InChI is InChI=1S/C10H13N3O2/c1-2-4-7(11)10(15)13-9-8(14)5-3-6-12-9/h2-3,5-7,14H,1,4,11H2,(H,12,13,15). The van der Waals surface area contributed by atoms with Crippen molar-refractivity contribution in [3.05, 3.63) is 31.0 Å². The number of hydrogen-bond donors (Lipinski definition) is 3. The maximum Gasteiger partial charge on any atom is 0.242 e. The zero-order chi connectivity index (χ0) is 11.3. The SMILES string of the molecule is C=CCC(N)C(=O)Nc1ncccc1O. The van der Waals surface area contributed by atoms with Crippen LogP contribution in [0.15, 0.2) is 31.0 Å². The molecular weight excluding hydrogens is 194 g/mol. The Labute approximate surface area is 87.6 Å². The Morgan fingerprint density at radius 2 is 2.53 bits per heavy atom. The molecule has 1 aromatic heterocycles. The summed E-state index contributed by atoms with van der Waals surface area (Å²) in [4.78, 5) is 15.2. The third kappa shape index (κ3) is 3.07. The molecule has 0 aliphatic heterocycles. The topological polar surface area (TPSA) is 88.2 Å². The predicted octanol–water partition coefficient (Wildman–Crippen LogP) is 0.629. The lowest BCUT2D eigenvalue weighted by molar-refractivity contribution is -0.117. The first kappa shape index (κ1) is 11.2. The van der Waals surface area contributed by atoms with Crippen LogP contribution in [0.4, 0.5) is 5.82 Å². The van der Waals surface area contributed by atoms with Gasteiger partial charge in [-0.15, -0.1) is 6.58 Å². The zero-order valence-electron chi connectivity index (χ0n) is 8.18. The van der Waals surface area contributed by atoms with Crippen molar-refractivity contribution in [1.82, 2.24) is 4.98 Å². The highest BCUT2D eigenvalue weighted by Crippen LogP contribution is 2.18. The Bertz CT molecular complexity index is 365. The molecule has 0 fully saturated rings. The van der Waals surface area contributed by atoms with Crippen molar-refractivity contribution in [1.29, 1.82) is 0 Å². The highest BCUT2D eigenvalue weighted by molar-refractivity contribution is 5.94. The Morgan fingerprint density at radius 1 is 1.80 bits per heavy atom. The van der Waals surface area contributed by atoms with Gasteiger partial charge in [-0.1, -0.05) is 6.08 Å². The van der Waals surface area contributed by atoms with Crippen molar-refractivity contribution in [2.24, 2.45) is 5.73 Å². The molecule has 0 aliphatic rings. The van der Waals surface area contributed by atoms with Crippen LogP contribution in [0, 0.1) is 0 Å². The quantitative estimate of drug-likeness (QED) is 0.632. The number of carbonyl (C=O) groups excluding carboxylic acids is 1. The van der Waals surface area contributed by atoms with E-state index < -0.39 is 11.9 Å². The van der Waals surface area contributed by atoms with Crippen molar-refractivity contribution in [2.75, 3.05) is 5.32 Å². The van der Waals surface area contributed by atoms with Crippen molar-refractivity contribution in [3.63, 3.8) is 0 Å². The summed E-state index contributed by atoms with van der Waals surface area (Å²) in [6.07, 6.45) is 3.40. The molecule has 4 N–H and O–H groups in total. The molecule has 0 saturated heterocycles. The normalized spacial score (nSPS) is 11.8. The fraction of sp³-hybridized carbons (Fsp3) is 0.200. The van der Waals surface area contributed by atoms with Gasteiger partial charge in [-0.25, -0.2) is 4.98 Å². The molecule has 0 radical (unpaired) electrons. The van der Waals surface area contributed by atoms with Crippen LogP contribution in [0.25, 0.3) is 0 Å². The highest BCUT2D eigenvalue weighted by Gasteiger charge is 2.13. The number of nitrogens with zero attached hydrogens (tertiary/aromatic N) is 1. The number of pyridine rings is 1. The van der Waals surface area contributed by atoms with Crippen LogP contribution < -0.4 is 11.1 Å². The number of carbonyl (C=O) groups is 1. The first-order valence-electron chi connectivity index (χ1n) is 4.46. The number of anilines is 1. The molecule has 15 heavy (non-hydrogen) atoms. The highest BCUT2D eigenvalue weighted by atomic mass is 16.3. The van der Waals surface area contributed by atoms with Gasteiger partial charge in [0.05, 0.1) is 6.04 Å². The molecule has 1 heterocycles. The van der Waals surface area contributed by atoms with Crippen molar-refractivity contribution < 1.29 is 9.90 Å². The molecule has 5 heteroatoms. The second kappa shape index (κ2) is 5.11. The van der Waals surface area contributed by atoms with Crippen molar-refractivity contribution >= 4 is 11.7 Å². The van der Waals surface area contributed by atoms with E-state index in [-0.39, 0.29) is 11.6 Å². The van der Waals surface area contributed by atoms with E-state index >= 15 is 0 Å². The number of nitrogens with one attached hydrogen (secondary N) is 1. The molecule has 0 bridgehead atoms. The lowest BCUT2D eigenvalue weighted by atomic mass is 10.2. The second-order valence-electron chi connectivity index (χ2n) is 2.99. The summed E-state index contributed by atoms with van der Waals surface area (Å²) in [5.41, 5.74) is 5.53. The smallest absolute Gasteiger partial charge is 0.242 e. The predicted molar refractivity (Wildman–Crippen MR) is 57.3 cm³/mol. The van der Waals surface area contributed by atoms with Gasteiger partial charge in [0.15, 0.2) is 11.6 Å². The molecule has 5 nitrogen and oxygen atoms in total. The van der Waals surface area contributed by atoms with E-state index in [1.807, 2.05) is 0 Å². The molecule has 0 aromatic carbocycles. The number of aromatic hydroxyl groups is 1. The lowest BCUT2D eigenvalue weighted by Crippen LogP contribution is -2.35. The van der Waals surface area contributed by atoms with E-state index in [1.165, 1.54) is 12.3 Å². The van der Waals surface area contributed by atoms with Gasteiger partial charge in [-0.2, -0.15) is 0 Å². The fourth-order valence-corrected chi connectivity index (χ4v) is 0.989. The van der Waals surface area contributed by atoms with Crippen molar-refractivity contribution in [2.45, 2.75) is 12.5 Å². The van der Waals surface area contributed by atoms with E-state index in [0.717, 1.165) is 0 Å². The van der Waals surface area contributed by atoms with Crippen LogP contribution in [0.1, 0.15) is 6.42 Å². The number of amides is 1. The van der Waals surface area contributed by atoms with Crippen molar-refractivity contribution in [3.8, 4) is 5.75 Å². The minimum absolute atomic E-state index is 0.0864. The number of hydrogen-bond acceptors (Lipinski definition) is 4. The molecule has 1 rings (SSSR count). The fourth-order valence-electron chi connectivity index (χ4n) is 0.989. The maximum atomic E-state index is 11.4. The molecule has 1 atom stereocenters. The van der Waals surface area contributed by atoms with Gasteiger partial charge in [-0.05, 0) is 18.6 Å². The van der Waals surface area contributed by atoms with Gasteiger partial charge in [-0.3, -0.25) is 4.79 Å². The Hall–Kier alpha value is -1.88. The number of nitrogens with two attached hydrogens (primary N) is 1. The summed E-state index contributed by atoms with van der Waals surface area (Å²) in [6, 6.07) is 2.32. The van der Waals surface area contributed by atoms with Crippen LogP contribution in [0.3, 0.4) is 0 Å². The molecule has 1 amide bonds. The van der Waals surface area contributed by atoms with Gasteiger partial charge >= 0.3 is 0 Å². The third-order valence-corrected chi connectivity index (χ3v) is 1.79. The zero-order valence-corrected chi connectivity index (χ0v) is 8.18. The first-order valence-corrected chi connectivity index (χ1v) is 4.46. The summed E-state index contributed by atoms with van der Waals surface area (Å²) < 4.78 is 0. The largest absolute Gasteiger partial charge is 0.504 e. The molecule has 1 aromatic rings. The van der Waals surface area contributed by atoms with Gasteiger partial charge in [0, 0.05) is 6.20 Å². The van der Waals surface area contributed by atoms with Gasteiger partial charge < -0.3 is 16.2 Å². The minimum Gasteiger partial charge on any atom is -0.504 e. The lowest BCUT2D eigenvalue weighted by Gasteiger charge is -2.10. The van der Waals surface area contributed by atoms with Crippen LogP contribution in [-0.2, 0) is 4.79 Å². The molecule has 1 unspecified atom stereocenters. The first-order chi connectivity index (χ1) is 7.15. The van der Waals surface area contributed by atoms with E-state index in [0.29, 0.717) is 6.42 Å². The van der Waals surface area contributed by atoms with Gasteiger partial charge in [0.1, 0.15) is 0 Å². The molecule has 80 valence electrons. The summed E-state index contributed by atoms with van der Waals surface area (Å²) in [5, 5.41) is 11.8. The van der Waals surface area contributed by atoms with Crippen LogP contribution in [-0.4, -0.2) is 22.0 Å². The molecule has 0 aliphatic carbocycles. The summed E-state index contributed by atoms with van der Waals surface area (Å²) in [7, 11) is 0. The van der Waals surface area contributed by atoms with E-state index in [1.54, 1.807) is 12.1 Å². The second-order valence-corrected chi connectivity index (χ2v) is 2.99. The minimum atomic E-state index is -0.677. The van der Waals surface area contributed by atoms with E-state index in [4.69, 9.17) is 5.73 Å². The summed E-state index contributed by atoms with van der Waals surface area (Å²) >= 11 is 0. The third-order valence-electron chi connectivity index (χ3n) is 1.79. The molecule has 0 saturated carbocycles.